The van der Waals surface area contributed by atoms with E-state index in [9.17, 15) is 14.4 Å². The van der Waals surface area contributed by atoms with Crippen LogP contribution < -0.4 is 0 Å². The summed E-state index contributed by atoms with van der Waals surface area (Å²) in [5.74, 6) is -1.40. The second kappa shape index (κ2) is 11.3. The van der Waals surface area contributed by atoms with Gasteiger partial charge in [-0.05, 0) is 12.0 Å². The van der Waals surface area contributed by atoms with E-state index in [1.165, 1.54) is 20.8 Å². The SMILES string of the molecule is CC(=O)OCC(CCOCc1ccccc1)(COC(C)=O)COC(C)=O. The summed E-state index contributed by atoms with van der Waals surface area (Å²) in [6.07, 6.45) is 0.383. The fraction of sp³-hybridized carbons (Fsp3) is 0.526. The van der Waals surface area contributed by atoms with Crippen molar-refractivity contribution in [3.05, 3.63) is 35.9 Å². The van der Waals surface area contributed by atoms with E-state index < -0.39 is 23.3 Å². The molecule has 1 aromatic rings. The van der Waals surface area contributed by atoms with Crippen molar-refractivity contribution in [3.63, 3.8) is 0 Å². The minimum absolute atomic E-state index is 0.0441. The number of hydrogen-bond donors (Lipinski definition) is 0. The van der Waals surface area contributed by atoms with Crippen molar-refractivity contribution in [2.45, 2.75) is 33.8 Å². The standard InChI is InChI=1S/C19H26O7/c1-15(20)24-12-19(13-25-16(2)21,14-26-17(3)22)9-10-23-11-18-7-5-4-6-8-18/h4-8H,9-14H2,1-3H3. The van der Waals surface area contributed by atoms with Gasteiger partial charge in [-0.15, -0.1) is 0 Å². The zero-order valence-corrected chi connectivity index (χ0v) is 15.5. The molecule has 0 aliphatic rings. The molecule has 0 amide bonds. The molecule has 7 heteroatoms. The van der Waals surface area contributed by atoms with Crippen LogP contribution in [0.3, 0.4) is 0 Å². The van der Waals surface area contributed by atoms with Gasteiger partial charge in [0, 0.05) is 27.4 Å². The van der Waals surface area contributed by atoms with Crippen LogP contribution in [0.4, 0.5) is 0 Å². The zero-order valence-electron chi connectivity index (χ0n) is 15.5. The molecule has 0 N–H and O–H groups in total. The number of hydrogen-bond acceptors (Lipinski definition) is 7. The van der Waals surface area contributed by atoms with Crippen molar-refractivity contribution in [1.82, 2.24) is 0 Å². The van der Waals surface area contributed by atoms with Crippen molar-refractivity contribution in [3.8, 4) is 0 Å². The number of rotatable bonds is 11. The molecular weight excluding hydrogens is 340 g/mol. The van der Waals surface area contributed by atoms with Crippen LogP contribution in [0, 0.1) is 5.41 Å². The molecule has 0 spiro atoms. The van der Waals surface area contributed by atoms with Crippen LogP contribution in [0.15, 0.2) is 30.3 Å². The fourth-order valence-corrected chi connectivity index (χ4v) is 2.16. The summed E-state index contributed by atoms with van der Waals surface area (Å²) in [4.78, 5) is 33.6. The highest BCUT2D eigenvalue weighted by atomic mass is 16.6. The van der Waals surface area contributed by atoms with Crippen LogP contribution in [0.5, 0.6) is 0 Å². The van der Waals surface area contributed by atoms with Gasteiger partial charge in [0.05, 0.1) is 12.0 Å². The minimum Gasteiger partial charge on any atom is -0.465 e. The van der Waals surface area contributed by atoms with Crippen LogP contribution in [-0.2, 0) is 39.9 Å². The minimum atomic E-state index is -0.861. The first-order valence-corrected chi connectivity index (χ1v) is 8.35. The Morgan fingerprint density at radius 2 is 1.27 bits per heavy atom. The van der Waals surface area contributed by atoms with Gasteiger partial charge in [-0.3, -0.25) is 14.4 Å². The maximum atomic E-state index is 11.2. The molecule has 0 radical (unpaired) electrons. The monoisotopic (exact) mass is 366 g/mol. The topological polar surface area (TPSA) is 88.1 Å². The molecular formula is C19H26O7. The van der Waals surface area contributed by atoms with Gasteiger partial charge in [0.2, 0.25) is 0 Å². The van der Waals surface area contributed by atoms with E-state index in [0.717, 1.165) is 5.56 Å². The number of esters is 3. The smallest absolute Gasteiger partial charge is 0.302 e. The normalized spacial score (nSPS) is 10.9. The first-order valence-electron chi connectivity index (χ1n) is 8.35. The molecule has 0 heterocycles. The molecule has 0 fully saturated rings. The maximum absolute atomic E-state index is 11.2. The molecule has 0 saturated heterocycles. The zero-order chi connectivity index (χ0) is 19.4. The van der Waals surface area contributed by atoms with Crippen LogP contribution in [0.2, 0.25) is 0 Å². The summed E-state index contributed by atoms with van der Waals surface area (Å²) in [5, 5.41) is 0. The second-order valence-corrected chi connectivity index (χ2v) is 6.13. The van der Waals surface area contributed by atoms with E-state index in [1.807, 2.05) is 30.3 Å². The Labute approximate surface area is 153 Å². The van der Waals surface area contributed by atoms with Crippen LogP contribution >= 0.6 is 0 Å². The Kier molecular flexibility index (Phi) is 9.36. The molecule has 0 atom stereocenters. The Morgan fingerprint density at radius 3 is 1.69 bits per heavy atom. The molecule has 0 saturated carbocycles. The molecule has 26 heavy (non-hydrogen) atoms. The van der Waals surface area contributed by atoms with Crippen LogP contribution in [0.25, 0.3) is 0 Å². The molecule has 0 bridgehead atoms. The van der Waals surface area contributed by atoms with Gasteiger partial charge in [0.15, 0.2) is 0 Å². The van der Waals surface area contributed by atoms with Crippen molar-refractivity contribution in [1.29, 1.82) is 0 Å². The number of carbonyl (C=O) groups excluding carboxylic acids is 3. The van der Waals surface area contributed by atoms with Gasteiger partial charge in [-0.1, -0.05) is 30.3 Å². The lowest BCUT2D eigenvalue weighted by Crippen LogP contribution is -2.40. The lowest BCUT2D eigenvalue weighted by atomic mass is 9.87. The largest absolute Gasteiger partial charge is 0.465 e. The van der Waals surface area contributed by atoms with E-state index in [4.69, 9.17) is 18.9 Å². The Hall–Kier alpha value is -2.41. The number of carbonyl (C=O) groups is 3. The molecule has 0 aromatic heterocycles. The first-order chi connectivity index (χ1) is 12.3. The number of ether oxygens (including phenoxy) is 4. The Morgan fingerprint density at radius 1 is 0.808 bits per heavy atom. The fourth-order valence-electron chi connectivity index (χ4n) is 2.16. The quantitative estimate of drug-likeness (QED) is 0.337. The summed E-state index contributed by atoms with van der Waals surface area (Å²) >= 11 is 0. The van der Waals surface area contributed by atoms with Crippen LogP contribution in [-0.4, -0.2) is 44.3 Å². The third kappa shape index (κ3) is 9.17. The van der Waals surface area contributed by atoms with E-state index >= 15 is 0 Å². The summed E-state index contributed by atoms with van der Waals surface area (Å²) < 4.78 is 21.0. The molecule has 0 aliphatic carbocycles. The van der Waals surface area contributed by atoms with Crippen molar-refractivity contribution < 1.29 is 33.3 Å². The molecule has 1 aromatic carbocycles. The maximum Gasteiger partial charge on any atom is 0.302 e. The predicted molar refractivity (Wildman–Crippen MR) is 93.0 cm³/mol. The lowest BCUT2D eigenvalue weighted by molar-refractivity contribution is -0.161. The molecule has 1 rings (SSSR count). The third-order valence-corrected chi connectivity index (χ3v) is 3.63. The van der Waals surface area contributed by atoms with Crippen molar-refractivity contribution in [2.75, 3.05) is 26.4 Å². The van der Waals surface area contributed by atoms with Gasteiger partial charge in [0.1, 0.15) is 19.8 Å². The summed E-state index contributed by atoms with van der Waals surface area (Å²) in [5.41, 5.74) is 0.165. The third-order valence-electron chi connectivity index (χ3n) is 3.63. The summed E-state index contributed by atoms with van der Waals surface area (Å²) in [7, 11) is 0. The first kappa shape index (κ1) is 21.6. The molecule has 0 aliphatic heterocycles. The Balaban J connectivity index is 2.70. The summed E-state index contributed by atoms with van der Waals surface area (Å²) in [6.45, 7) is 4.47. The van der Waals surface area contributed by atoms with Gasteiger partial charge < -0.3 is 18.9 Å². The van der Waals surface area contributed by atoms with E-state index in [0.29, 0.717) is 19.6 Å². The molecule has 144 valence electrons. The van der Waals surface area contributed by atoms with Gasteiger partial charge in [-0.25, -0.2) is 0 Å². The van der Waals surface area contributed by atoms with Gasteiger partial charge >= 0.3 is 17.9 Å². The van der Waals surface area contributed by atoms with E-state index in [2.05, 4.69) is 0 Å². The van der Waals surface area contributed by atoms with Crippen LogP contribution in [0.1, 0.15) is 32.8 Å². The Bertz CT molecular complexity index is 537. The van der Waals surface area contributed by atoms with Crippen molar-refractivity contribution >= 4 is 17.9 Å². The summed E-state index contributed by atoms with van der Waals surface area (Å²) in [6, 6.07) is 9.66. The second-order valence-electron chi connectivity index (χ2n) is 6.13. The van der Waals surface area contributed by atoms with E-state index in [-0.39, 0.29) is 19.8 Å². The lowest BCUT2D eigenvalue weighted by Gasteiger charge is -2.31. The van der Waals surface area contributed by atoms with Gasteiger partial charge in [0.25, 0.3) is 0 Å². The highest BCUT2D eigenvalue weighted by Gasteiger charge is 2.35. The molecule has 0 unspecified atom stereocenters. The van der Waals surface area contributed by atoms with Gasteiger partial charge in [-0.2, -0.15) is 0 Å². The van der Waals surface area contributed by atoms with Crippen molar-refractivity contribution in [2.24, 2.45) is 5.41 Å². The van der Waals surface area contributed by atoms with E-state index in [1.54, 1.807) is 0 Å². The average Bonchev–Trinajstić information content (AvgIpc) is 2.60. The number of benzene rings is 1. The average molecular weight is 366 g/mol. The molecule has 7 nitrogen and oxygen atoms in total. The highest BCUT2D eigenvalue weighted by molar-refractivity contribution is 5.67. The predicted octanol–water partition coefficient (Wildman–Crippen LogP) is 2.27. The highest BCUT2D eigenvalue weighted by Crippen LogP contribution is 2.25.